The second-order valence-electron chi connectivity index (χ2n) is 8.52. The summed E-state index contributed by atoms with van der Waals surface area (Å²) in [5, 5.41) is 27.3. The van der Waals surface area contributed by atoms with E-state index in [4.69, 9.17) is 5.11 Å². The molecule has 0 radical (unpaired) electrons. The molecular formula is C22H36O5. The predicted octanol–water partition coefficient (Wildman–Crippen LogP) is 5.72. The molecule has 5 heteroatoms. The molecule has 1 rings (SSSR count). The van der Waals surface area contributed by atoms with Crippen LogP contribution in [0.3, 0.4) is 0 Å². The van der Waals surface area contributed by atoms with E-state index in [1.54, 1.807) is 0 Å². The maximum absolute atomic E-state index is 12.2. The van der Waals surface area contributed by atoms with Crippen LogP contribution in [0, 0.1) is 17.3 Å². The monoisotopic (exact) mass is 380 g/mol. The third-order valence-electron chi connectivity index (χ3n) is 5.57. The zero-order chi connectivity index (χ0) is 20.4. The first-order valence-corrected chi connectivity index (χ1v) is 10.2. The number of Topliss-reactive ketones (excluding diaryl/α,β-unsaturated/α-hetero) is 1. The van der Waals surface area contributed by atoms with Gasteiger partial charge in [0.25, 0.3) is 0 Å². The second kappa shape index (κ2) is 11.2. The zero-order valence-electron chi connectivity index (χ0n) is 17.0. The van der Waals surface area contributed by atoms with Crippen molar-refractivity contribution in [1.82, 2.24) is 0 Å². The van der Waals surface area contributed by atoms with Gasteiger partial charge in [-0.3, -0.25) is 4.79 Å². The zero-order valence-corrected chi connectivity index (χ0v) is 17.0. The van der Waals surface area contributed by atoms with E-state index in [0.717, 1.165) is 25.7 Å². The Bertz CT molecular complexity index is 559. The van der Waals surface area contributed by atoms with E-state index in [2.05, 4.69) is 32.9 Å². The number of hydrogen-bond donors (Lipinski definition) is 3. The highest BCUT2D eigenvalue weighted by Gasteiger charge is 2.32. The van der Waals surface area contributed by atoms with Crippen LogP contribution in [0.5, 0.6) is 0 Å². The largest absolute Gasteiger partial charge is 0.508 e. The van der Waals surface area contributed by atoms with Crippen LogP contribution in [-0.2, 0) is 9.59 Å². The maximum Gasteiger partial charge on any atom is 0.374 e. The van der Waals surface area contributed by atoms with Crippen LogP contribution >= 0.6 is 0 Å². The summed E-state index contributed by atoms with van der Waals surface area (Å²) in [7, 11) is 0. The van der Waals surface area contributed by atoms with Gasteiger partial charge in [0.2, 0.25) is 5.76 Å². The van der Waals surface area contributed by atoms with Crippen LogP contribution in [0.25, 0.3) is 0 Å². The molecule has 0 heterocycles. The third kappa shape index (κ3) is 8.19. The molecule has 0 aliphatic heterocycles. The summed E-state index contributed by atoms with van der Waals surface area (Å²) in [5.74, 6) is -2.38. The van der Waals surface area contributed by atoms with E-state index in [0.29, 0.717) is 24.0 Å². The maximum atomic E-state index is 12.2. The number of carboxylic acids is 1. The Hall–Kier alpha value is -1.78. The van der Waals surface area contributed by atoms with Crippen LogP contribution in [0.1, 0.15) is 85.0 Å². The van der Waals surface area contributed by atoms with E-state index in [9.17, 15) is 19.8 Å². The average Bonchev–Trinajstić information content (AvgIpc) is 2.95. The number of aliphatic carboxylic acids is 1. The molecular weight excluding hydrogens is 344 g/mol. The minimum Gasteiger partial charge on any atom is -0.508 e. The van der Waals surface area contributed by atoms with E-state index in [-0.39, 0.29) is 18.3 Å². The third-order valence-corrected chi connectivity index (χ3v) is 5.57. The van der Waals surface area contributed by atoms with Gasteiger partial charge < -0.3 is 15.3 Å². The average molecular weight is 381 g/mol. The molecule has 1 fully saturated rings. The first-order chi connectivity index (χ1) is 12.7. The number of carbonyl (C=O) groups excluding carboxylic acids is 1. The van der Waals surface area contributed by atoms with Crippen LogP contribution in [0.2, 0.25) is 0 Å². The van der Waals surface area contributed by atoms with Gasteiger partial charge in [0, 0.05) is 18.8 Å². The Kier molecular flexibility index (Phi) is 9.61. The van der Waals surface area contributed by atoms with Crippen LogP contribution < -0.4 is 0 Å². The molecule has 1 aliphatic rings. The Labute approximate surface area is 163 Å². The molecule has 3 N–H and O–H groups in total. The molecule has 0 spiro atoms. The molecule has 0 bridgehead atoms. The summed E-state index contributed by atoms with van der Waals surface area (Å²) in [6.07, 6.45) is 12.8. The fraction of sp³-hybridized carbons (Fsp3) is 0.727. The van der Waals surface area contributed by atoms with Crippen LogP contribution in [0.4, 0.5) is 0 Å². The van der Waals surface area contributed by atoms with Gasteiger partial charge in [0.15, 0.2) is 0 Å². The molecule has 0 saturated heterocycles. The van der Waals surface area contributed by atoms with E-state index >= 15 is 0 Å². The highest BCUT2D eigenvalue weighted by atomic mass is 16.4. The number of carbonyl (C=O) groups is 2. The van der Waals surface area contributed by atoms with Crippen LogP contribution in [-0.4, -0.2) is 27.1 Å². The number of hydrogen-bond acceptors (Lipinski definition) is 4. The molecule has 2 atom stereocenters. The highest BCUT2D eigenvalue weighted by molar-refractivity contribution is 5.84. The summed E-state index contributed by atoms with van der Waals surface area (Å²) < 4.78 is 0. The van der Waals surface area contributed by atoms with E-state index < -0.39 is 17.5 Å². The van der Waals surface area contributed by atoms with Crippen molar-refractivity contribution >= 4 is 11.8 Å². The number of aliphatic hydroxyl groups excluding tert-OH is 2. The quantitative estimate of drug-likeness (QED) is 0.174. The lowest BCUT2D eigenvalue weighted by Crippen LogP contribution is -2.14. The van der Waals surface area contributed by atoms with Crippen molar-refractivity contribution in [2.75, 3.05) is 0 Å². The highest BCUT2D eigenvalue weighted by Crippen LogP contribution is 2.35. The smallest absolute Gasteiger partial charge is 0.374 e. The molecule has 27 heavy (non-hydrogen) atoms. The summed E-state index contributed by atoms with van der Waals surface area (Å²) in [6.45, 7) is 6.78. The number of ketones is 1. The van der Waals surface area contributed by atoms with Gasteiger partial charge in [-0.05, 0) is 43.4 Å². The van der Waals surface area contributed by atoms with Crippen molar-refractivity contribution in [2.45, 2.75) is 85.0 Å². The van der Waals surface area contributed by atoms with Crippen molar-refractivity contribution in [1.29, 1.82) is 0 Å². The summed E-state index contributed by atoms with van der Waals surface area (Å²) in [4.78, 5) is 22.8. The minimum absolute atomic E-state index is 0.0270. The summed E-state index contributed by atoms with van der Waals surface area (Å²) in [5.41, 5.74) is 0.292. The topological polar surface area (TPSA) is 94.8 Å². The Morgan fingerprint density at radius 2 is 1.89 bits per heavy atom. The summed E-state index contributed by atoms with van der Waals surface area (Å²) >= 11 is 0. The lowest BCUT2D eigenvalue weighted by molar-refractivity contribution is -0.136. The first-order valence-electron chi connectivity index (χ1n) is 10.2. The normalized spacial score (nSPS) is 21.7. The fourth-order valence-electron chi connectivity index (χ4n) is 3.76. The van der Waals surface area contributed by atoms with Crippen LogP contribution in [0.15, 0.2) is 23.7 Å². The lowest BCUT2D eigenvalue weighted by Gasteiger charge is -2.23. The molecule has 5 nitrogen and oxygen atoms in total. The van der Waals surface area contributed by atoms with Gasteiger partial charge >= 0.3 is 5.97 Å². The molecule has 0 amide bonds. The molecule has 1 saturated carbocycles. The molecule has 0 aromatic heterocycles. The number of aliphatic hydroxyl groups is 2. The molecule has 0 aromatic carbocycles. The molecule has 0 aromatic rings. The fourth-order valence-corrected chi connectivity index (χ4v) is 3.76. The molecule has 154 valence electrons. The van der Waals surface area contributed by atoms with Gasteiger partial charge in [0.05, 0.1) is 0 Å². The first kappa shape index (κ1) is 23.3. The van der Waals surface area contributed by atoms with E-state index in [1.807, 2.05) is 0 Å². The lowest BCUT2D eigenvalue weighted by atomic mass is 9.83. The SMILES string of the molecule is CCCCC(C)(C)CC=C[C@H]1CCC(=O)[C@@H]1CCCCC(O)=C(O)C(=O)O. The number of carboxylic acid groups (broad SMARTS) is 1. The predicted molar refractivity (Wildman–Crippen MR) is 107 cm³/mol. The standard InChI is InChI=1S/C22H36O5/c1-4-5-14-22(2,3)15-8-9-16-12-13-18(23)17(16)10-6-7-11-19(24)20(25)21(26)27/h8-9,16-17,24-25H,4-7,10-15H2,1-3H3,(H,26,27)/t16-,17+/m0/s1. The Morgan fingerprint density at radius 3 is 2.52 bits per heavy atom. The van der Waals surface area contributed by atoms with Gasteiger partial charge in [0.1, 0.15) is 11.5 Å². The summed E-state index contributed by atoms with van der Waals surface area (Å²) in [6, 6.07) is 0. The van der Waals surface area contributed by atoms with Gasteiger partial charge in [-0.2, -0.15) is 0 Å². The minimum atomic E-state index is -1.52. The number of rotatable bonds is 12. The van der Waals surface area contributed by atoms with Gasteiger partial charge in [-0.1, -0.05) is 52.2 Å². The van der Waals surface area contributed by atoms with Gasteiger partial charge in [-0.15, -0.1) is 0 Å². The number of allylic oxidation sites excluding steroid dienone is 3. The molecule has 1 aliphatic carbocycles. The Balaban J connectivity index is 2.47. The van der Waals surface area contributed by atoms with Crippen molar-refractivity contribution in [3.63, 3.8) is 0 Å². The van der Waals surface area contributed by atoms with E-state index in [1.165, 1.54) is 19.3 Å². The Morgan fingerprint density at radius 1 is 1.19 bits per heavy atom. The van der Waals surface area contributed by atoms with Gasteiger partial charge in [-0.25, -0.2) is 4.79 Å². The number of unbranched alkanes of at least 4 members (excludes halogenated alkanes) is 2. The van der Waals surface area contributed by atoms with Crippen molar-refractivity contribution in [2.24, 2.45) is 17.3 Å². The van der Waals surface area contributed by atoms with Crippen molar-refractivity contribution < 1.29 is 24.9 Å². The van der Waals surface area contributed by atoms with Crippen molar-refractivity contribution in [3.8, 4) is 0 Å². The molecule has 0 unspecified atom stereocenters. The second-order valence-corrected chi connectivity index (χ2v) is 8.52. The van der Waals surface area contributed by atoms with Crippen molar-refractivity contribution in [3.05, 3.63) is 23.7 Å².